The fourth-order valence-electron chi connectivity index (χ4n) is 3.68. The van der Waals surface area contributed by atoms with Crippen molar-refractivity contribution >= 4 is 28.3 Å². The monoisotopic (exact) mass is 399 g/mol. The molecule has 1 aromatic carbocycles. The molecule has 0 aliphatic heterocycles. The molecule has 1 N–H and O–H groups in total. The summed E-state index contributed by atoms with van der Waals surface area (Å²) < 4.78 is 0. The van der Waals surface area contributed by atoms with Crippen LogP contribution in [-0.4, -0.2) is 34.8 Å². The summed E-state index contributed by atoms with van der Waals surface area (Å²) in [5, 5.41) is 3.51. The SMILES string of the molecule is CCCN(CCC)C(=O)C1CCCc2sc(NC(=O)c3ccc(C)cc3)nc21. The first kappa shape index (κ1) is 20.5. The smallest absolute Gasteiger partial charge is 0.257 e. The summed E-state index contributed by atoms with van der Waals surface area (Å²) in [7, 11) is 0. The van der Waals surface area contributed by atoms with Crippen molar-refractivity contribution in [1.82, 2.24) is 9.88 Å². The molecular weight excluding hydrogens is 370 g/mol. The van der Waals surface area contributed by atoms with Gasteiger partial charge in [-0.2, -0.15) is 0 Å². The standard InChI is InChI=1S/C22H29N3O2S/c1-4-13-25(14-5-2)21(27)17-7-6-8-18-19(17)23-22(28-18)24-20(26)16-11-9-15(3)10-12-16/h9-12,17H,4-8,13-14H2,1-3H3,(H,23,24,26). The first-order chi connectivity index (χ1) is 13.5. The number of fused-ring (bicyclic) bond motifs is 1. The molecule has 1 unspecified atom stereocenters. The topological polar surface area (TPSA) is 62.3 Å². The highest BCUT2D eigenvalue weighted by molar-refractivity contribution is 7.15. The Kier molecular flexibility index (Phi) is 6.83. The zero-order valence-corrected chi connectivity index (χ0v) is 17.8. The average molecular weight is 400 g/mol. The van der Waals surface area contributed by atoms with E-state index in [9.17, 15) is 9.59 Å². The lowest BCUT2D eigenvalue weighted by molar-refractivity contribution is -0.133. The minimum Gasteiger partial charge on any atom is -0.342 e. The Hall–Kier alpha value is -2.21. The number of aromatic nitrogens is 1. The van der Waals surface area contributed by atoms with Crippen molar-refractivity contribution in [2.75, 3.05) is 18.4 Å². The lowest BCUT2D eigenvalue weighted by Crippen LogP contribution is -2.37. The summed E-state index contributed by atoms with van der Waals surface area (Å²) in [6.07, 6.45) is 4.67. The predicted molar refractivity (Wildman–Crippen MR) is 114 cm³/mol. The van der Waals surface area contributed by atoms with Gasteiger partial charge in [-0.05, 0) is 51.2 Å². The van der Waals surface area contributed by atoms with E-state index in [4.69, 9.17) is 0 Å². The second-order valence-electron chi connectivity index (χ2n) is 7.42. The lowest BCUT2D eigenvalue weighted by Gasteiger charge is -2.28. The van der Waals surface area contributed by atoms with E-state index in [0.29, 0.717) is 10.7 Å². The Morgan fingerprint density at radius 2 is 1.86 bits per heavy atom. The molecule has 1 heterocycles. The molecule has 2 amide bonds. The highest BCUT2D eigenvalue weighted by Gasteiger charge is 2.33. The molecule has 1 aliphatic rings. The summed E-state index contributed by atoms with van der Waals surface area (Å²) in [5.74, 6) is -0.151. The number of carbonyl (C=O) groups excluding carboxylic acids is 2. The van der Waals surface area contributed by atoms with Crippen LogP contribution in [0, 0.1) is 6.92 Å². The number of nitrogens with zero attached hydrogens (tertiary/aromatic N) is 2. The van der Waals surface area contributed by atoms with Gasteiger partial charge in [0, 0.05) is 23.5 Å². The van der Waals surface area contributed by atoms with Crippen LogP contribution in [0.5, 0.6) is 0 Å². The molecule has 5 nitrogen and oxygen atoms in total. The minimum atomic E-state index is -0.178. The molecule has 6 heteroatoms. The van der Waals surface area contributed by atoms with Crippen LogP contribution < -0.4 is 5.32 Å². The van der Waals surface area contributed by atoms with Crippen molar-refractivity contribution in [3.63, 3.8) is 0 Å². The van der Waals surface area contributed by atoms with Gasteiger partial charge in [0.25, 0.3) is 5.91 Å². The van der Waals surface area contributed by atoms with Crippen LogP contribution >= 0.6 is 11.3 Å². The van der Waals surface area contributed by atoms with Gasteiger partial charge >= 0.3 is 0 Å². The molecule has 0 radical (unpaired) electrons. The molecule has 0 bridgehead atoms. The van der Waals surface area contributed by atoms with Gasteiger partial charge in [0.2, 0.25) is 5.91 Å². The maximum Gasteiger partial charge on any atom is 0.257 e. The van der Waals surface area contributed by atoms with Gasteiger partial charge in [0.1, 0.15) is 0 Å². The van der Waals surface area contributed by atoms with Crippen LogP contribution in [-0.2, 0) is 11.2 Å². The van der Waals surface area contributed by atoms with Crippen LogP contribution in [0.15, 0.2) is 24.3 Å². The maximum atomic E-state index is 13.1. The van der Waals surface area contributed by atoms with E-state index in [1.165, 1.54) is 11.3 Å². The van der Waals surface area contributed by atoms with Crippen molar-refractivity contribution in [2.24, 2.45) is 0 Å². The Morgan fingerprint density at radius 3 is 2.50 bits per heavy atom. The van der Waals surface area contributed by atoms with Crippen LogP contribution in [0.3, 0.4) is 0 Å². The number of thiazole rings is 1. The van der Waals surface area contributed by atoms with Crippen LogP contribution in [0.2, 0.25) is 0 Å². The van der Waals surface area contributed by atoms with E-state index in [-0.39, 0.29) is 17.7 Å². The summed E-state index contributed by atoms with van der Waals surface area (Å²) in [6.45, 7) is 7.78. The molecule has 0 fully saturated rings. The second kappa shape index (κ2) is 9.32. The van der Waals surface area contributed by atoms with E-state index in [1.807, 2.05) is 36.1 Å². The molecule has 0 saturated heterocycles. The zero-order valence-electron chi connectivity index (χ0n) is 17.0. The fourth-order valence-corrected chi connectivity index (χ4v) is 4.74. The van der Waals surface area contributed by atoms with Crippen molar-refractivity contribution in [1.29, 1.82) is 0 Å². The number of benzene rings is 1. The summed E-state index contributed by atoms with van der Waals surface area (Å²) >= 11 is 1.51. The normalized spacial score (nSPS) is 15.8. The highest BCUT2D eigenvalue weighted by Crippen LogP contribution is 2.38. The van der Waals surface area contributed by atoms with E-state index < -0.39 is 0 Å². The van der Waals surface area contributed by atoms with Gasteiger partial charge in [-0.25, -0.2) is 4.98 Å². The number of nitrogens with one attached hydrogen (secondary N) is 1. The van der Waals surface area contributed by atoms with Gasteiger partial charge in [0.05, 0.1) is 11.6 Å². The van der Waals surface area contributed by atoms with Crippen LogP contribution in [0.1, 0.15) is 71.9 Å². The summed E-state index contributed by atoms with van der Waals surface area (Å²) in [4.78, 5) is 33.4. The van der Waals surface area contributed by atoms with Gasteiger partial charge in [0.15, 0.2) is 5.13 Å². The number of rotatable bonds is 7. The number of anilines is 1. The molecule has 1 aromatic heterocycles. The van der Waals surface area contributed by atoms with E-state index in [1.54, 1.807) is 0 Å². The van der Waals surface area contributed by atoms with Crippen molar-refractivity contribution in [3.05, 3.63) is 46.0 Å². The fraction of sp³-hybridized carbons (Fsp3) is 0.500. The van der Waals surface area contributed by atoms with Gasteiger partial charge in [-0.15, -0.1) is 11.3 Å². The van der Waals surface area contributed by atoms with Crippen molar-refractivity contribution < 1.29 is 9.59 Å². The molecule has 3 rings (SSSR count). The molecular formula is C22H29N3O2S. The van der Waals surface area contributed by atoms with E-state index in [2.05, 4.69) is 24.1 Å². The molecule has 150 valence electrons. The molecule has 0 saturated carbocycles. The molecule has 28 heavy (non-hydrogen) atoms. The second-order valence-corrected chi connectivity index (χ2v) is 8.50. The minimum absolute atomic E-state index is 0.160. The van der Waals surface area contributed by atoms with E-state index >= 15 is 0 Å². The molecule has 2 aromatic rings. The number of aryl methyl sites for hydroxylation is 2. The lowest BCUT2D eigenvalue weighted by atomic mass is 9.89. The Morgan fingerprint density at radius 1 is 1.18 bits per heavy atom. The van der Waals surface area contributed by atoms with Gasteiger partial charge < -0.3 is 4.90 Å². The summed E-state index contributed by atoms with van der Waals surface area (Å²) in [6, 6.07) is 7.48. The third-order valence-electron chi connectivity index (χ3n) is 5.09. The van der Waals surface area contributed by atoms with Crippen LogP contribution in [0.4, 0.5) is 5.13 Å². The number of hydrogen-bond donors (Lipinski definition) is 1. The third kappa shape index (κ3) is 4.61. The molecule has 1 atom stereocenters. The zero-order chi connectivity index (χ0) is 20.1. The predicted octanol–water partition coefficient (Wildman–Crippen LogP) is 4.77. The van der Waals surface area contributed by atoms with Crippen molar-refractivity contribution in [2.45, 2.75) is 58.8 Å². The Labute approximate surface area is 171 Å². The maximum absolute atomic E-state index is 13.1. The van der Waals surface area contributed by atoms with Crippen LogP contribution in [0.25, 0.3) is 0 Å². The summed E-state index contributed by atoms with van der Waals surface area (Å²) in [5.41, 5.74) is 2.60. The number of carbonyl (C=O) groups is 2. The quantitative estimate of drug-likeness (QED) is 0.729. The van der Waals surface area contributed by atoms with Gasteiger partial charge in [-0.1, -0.05) is 31.5 Å². The Bertz CT molecular complexity index is 823. The Balaban J connectivity index is 1.77. The number of amides is 2. The molecule has 0 spiro atoms. The van der Waals surface area contributed by atoms with Crippen molar-refractivity contribution in [3.8, 4) is 0 Å². The van der Waals surface area contributed by atoms with E-state index in [0.717, 1.165) is 61.3 Å². The number of hydrogen-bond acceptors (Lipinski definition) is 4. The first-order valence-corrected chi connectivity index (χ1v) is 11.0. The largest absolute Gasteiger partial charge is 0.342 e. The third-order valence-corrected chi connectivity index (χ3v) is 6.13. The first-order valence-electron chi connectivity index (χ1n) is 10.2. The highest BCUT2D eigenvalue weighted by atomic mass is 32.1. The average Bonchev–Trinajstić information content (AvgIpc) is 3.10. The van der Waals surface area contributed by atoms with Gasteiger partial charge in [-0.3, -0.25) is 14.9 Å². The molecule has 1 aliphatic carbocycles.